The van der Waals surface area contributed by atoms with Crippen LogP contribution in [0.4, 0.5) is 5.69 Å². The molecule has 7 heteroatoms. The van der Waals surface area contributed by atoms with Gasteiger partial charge in [0.2, 0.25) is 0 Å². The number of carbonyl (C=O) groups is 2. The minimum absolute atomic E-state index is 0.0387. The number of anilines is 1. The van der Waals surface area contributed by atoms with Crippen molar-refractivity contribution in [1.82, 2.24) is 0 Å². The van der Waals surface area contributed by atoms with E-state index in [1.807, 2.05) is 0 Å². The molecule has 1 amide bonds. The summed E-state index contributed by atoms with van der Waals surface area (Å²) in [6, 6.07) is 9.12. The number of hydrogen-bond acceptors (Lipinski definition) is 5. The molecule has 0 radical (unpaired) electrons. The van der Waals surface area contributed by atoms with Crippen LogP contribution in [0.3, 0.4) is 0 Å². The van der Waals surface area contributed by atoms with Crippen LogP contribution in [0.1, 0.15) is 34.6 Å². The van der Waals surface area contributed by atoms with E-state index in [2.05, 4.69) is 5.32 Å². The summed E-state index contributed by atoms with van der Waals surface area (Å²) in [4.78, 5) is 23.9. The molecule has 1 N–H and O–H groups in total. The number of aromatic carboxylic acids is 1. The highest BCUT2D eigenvalue weighted by Gasteiger charge is 2.17. The highest BCUT2D eigenvalue weighted by molar-refractivity contribution is 6.34. The summed E-state index contributed by atoms with van der Waals surface area (Å²) in [6.07, 6.45) is 0. The summed E-state index contributed by atoms with van der Waals surface area (Å²) in [7, 11) is 0. The number of ether oxygens (including phenoxy) is 2. The Hall–Kier alpha value is -2.73. The lowest BCUT2D eigenvalue weighted by Gasteiger charge is -2.18. The number of carbonyl (C=O) groups excluding carboxylic acids is 2. The van der Waals surface area contributed by atoms with Crippen LogP contribution in [0, 0.1) is 0 Å². The van der Waals surface area contributed by atoms with Crippen LogP contribution in [0.2, 0.25) is 5.02 Å². The summed E-state index contributed by atoms with van der Waals surface area (Å²) in [6.45, 7) is 4.23. The molecule has 0 aliphatic carbocycles. The molecule has 0 fully saturated rings. The summed E-state index contributed by atoms with van der Waals surface area (Å²) < 4.78 is 10.9. The highest BCUT2D eigenvalue weighted by atomic mass is 35.5. The first-order valence-corrected chi connectivity index (χ1v) is 8.06. The number of carboxylic acids is 1. The number of amides is 1. The van der Waals surface area contributed by atoms with E-state index in [0.717, 1.165) is 0 Å². The minimum atomic E-state index is -1.45. The molecule has 0 aliphatic heterocycles. The first-order valence-electron chi connectivity index (χ1n) is 7.68. The number of rotatable bonds is 7. The Labute approximate surface area is 150 Å². The van der Waals surface area contributed by atoms with E-state index in [1.54, 1.807) is 32.0 Å². The molecule has 0 spiro atoms. The second-order valence-corrected chi connectivity index (χ2v) is 5.34. The zero-order valence-corrected chi connectivity index (χ0v) is 14.6. The van der Waals surface area contributed by atoms with Crippen molar-refractivity contribution in [2.24, 2.45) is 0 Å². The standard InChI is InChI=1S/C18H18ClNO5/c1-3-24-15-9-12(18(22)23)14(10-16(15)25-4-2)20-17(21)11-7-5-6-8-13(11)19/h5-10H,3-4H2,1-2H3,(H,20,21)(H,22,23)/p-1. The van der Waals surface area contributed by atoms with E-state index in [4.69, 9.17) is 21.1 Å². The van der Waals surface area contributed by atoms with Crippen LogP contribution in [-0.4, -0.2) is 25.1 Å². The van der Waals surface area contributed by atoms with Gasteiger partial charge in [-0.3, -0.25) is 4.79 Å². The van der Waals surface area contributed by atoms with Gasteiger partial charge in [-0.1, -0.05) is 23.7 Å². The second kappa shape index (κ2) is 8.39. The van der Waals surface area contributed by atoms with Gasteiger partial charge in [-0.15, -0.1) is 0 Å². The lowest BCUT2D eigenvalue weighted by molar-refractivity contribution is -0.254. The van der Waals surface area contributed by atoms with Gasteiger partial charge < -0.3 is 24.7 Å². The fraction of sp³-hybridized carbons (Fsp3) is 0.222. The first-order chi connectivity index (χ1) is 12.0. The van der Waals surface area contributed by atoms with Gasteiger partial charge >= 0.3 is 0 Å². The molecule has 2 rings (SSSR count). The minimum Gasteiger partial charge on any atom is -0.545 e. The highest BCUT2D eigenvalue weighted by Crippen LogP contribution is 2.34. The molecule has 25 heavy (non-hydrogen) atoms. The van der Waals surface area contributed by atoms with Gasteiger partial charge in [-0.25, -0.2) is 0 Å². The number of carboxylic acid groups (broad SMARTS) is 1. The van der Waals surface area contributed by atoms with Crippen molar-refractivity contribution < 1.29 is 24.2 Å². The van der Waals surface area contributed by atoms with Crippen molar-refractivity contribution in [3.8, 4) is 11.5 Å². The third-order valence-electron chi connectivity index (χ3n) is 3.27. The van der Waals surface area contributed by atoms with Crippen LogP contribution in [0.15, 0.2) is 36.4 Å². The van der Waals surface area contributed by atoms with Gasteiger partial charge in [0, 0.05) is 11.6 Å². The zero-order valence-electron chi connectivity index (χ0n) is 13.8. The second-order valence-electron chi connectivity index (χ2n) is 4.93. The van der Waals surface area contributed by atoms with Crippen LogP contribution in [0.25, 0.3) is 0 Å². The van der Waals surface area contributed by atoms with Crippen molar-refractivity contribution >= 4 is 29.2 Å². The van der Waals surface area contributed by atoms with Gasteiger partial charge in [0.05, 0.1) is 35.5 Å². The molecule has 0 heterocycles. The lowest BCUT2D eigenvalue weighted by atomic mass is 10.1. The topological polar surface area (TPSA) is 87.7 Å². The first kappa shape index (κ1) is 18.6. The van der Waals surface area contributed by atoms with Crippen LogP contribution in [-0.2, 0) is 0 Å². The predicted molar refractivity (Wildman–Crippen MR) is 92.5 cm³/mol. The summed E-state index contributed by atoms with van der Waals surface area (Å²) in [5.74, 6) is -1.40. The number of nitrogens with one attached hydrogen (secondary N) is 1. The van der Waals surface area contributed by atoms with Crippen LogP contribution in [0.5, 0.6) is 11.5 Å². The van der Waals surface area contributed by atoms with Gasteiger partial charge in [-0.05, 0) is 32.0 Å². The lowest BCUT2D eigenvalue weighted by Crippen LogP contribution is -2.25. The van der Waals surface area contributed by atoms with Gasteiger partial charge in [0.25, 0.3) is 5.91 Å². The fourth-order valence-corrected chi connectivity index (χ4v) is 2.43. The average Bonchev–Trinajstić information content (AvgIpc) is 2.57. The van der Waals surface area contributed by atoms with Crippen molar-refractivity contribution in [1.29, 1.82) is 0 Å². The third kappa shape index (κ3) is 4.42. The Balaban J connectivity index is 2.44. The van der Waals surface area contributed by atoms with E-state index < -0.39 is 11.9 Å². The largest absolute Gasteiger partial charge is 0.545 e. The predicted octanol–water partition coefficient (Wildman–Crippen LogP) is 2.75. The molecule has 0 saturated heterocycles. The van der Waals surface area contributed by atoms with Crippen LogP contribution >= 0.6 is 11.6 Å². The fourth-order valence-electron chi connectivity index (χ4n) is 2.20. The molecule has 0 atom stereocenters. The molecule has 6 nitrogen and oxygen atoms in total. The molecule has 0 aromatic heterocycles. The van der Waals surface area contributed by atoms with E-state index in [-0.39, 0.29) is 27.6 Å². The molecule has 0 saturated carbocycles. The van der Waals surface area contributed by atoms with Gasteiger partial charge in [0.15, 0.2) is 11.5 Å². The number of benzene rings is 2. The SMILES string of the molecule is CCOc1cc(NC(=O)c2ccccc2Cl)c(C(=O)[O-])cc1OCC. The molecule has 2 aromatic carbocycles. The van der Waals surface area contributed by atoms with Crippen molar-refractivity contribution in [3.63, 3.8) is 0 Å². The van der Waals surface area contributed by atoms with Gasteiger partial charge in [0.1, 0.15) is 0 Å². The van der Waals surface area contributed by atoms with E-state index in [0.29, 0.717) is 19.0 Å². The smallest absolute Gasteiger partial charge is 0.257 e. The van der Waals surface area contributed by atoms with Crippen LogP contribution < -0.4 is 19.9 Å². The molecule has 0 aliphatic rings. The molecule has 132 valence electrons. The maximum absolute atomic E-state index is 12.4. The third-order valence-corrected chi connectivity index (χ3v) is 3.60. The Bertz CT molecular complexity index is 791. The quantitative estimate of drug-likeness (QED) is 0.818. The summed E-state index contributed by atoms with van der Waals surface area (Å²) in [5.41, 5.74) is 0.0458. The monoisotopic (exact) mass is 362 g/mol. The summed E-state index contributed by atoms with van der Waals surface area (Å²) >= 11 is 6.00. The van der Waals surface area contributed by atoms with E-state index in [9.17, 15) is 14.7 Å². The Morgan fingerprint density at radius 2 is 1.64 bits per heavy atom. The van der Waals surface area contributed by atoms with Crippen molar-refractivity contribution in [2.45, 2.75) is 13.8 Å². The van der Waals surface area contributed by atoms with Gasteiger partial charge in [-0.2, -0.15) is 0 Å². The molecular weight excluding hydrogens is 346 g/mol. The number of hydrogen-bond donors (Lipinski definition) is 1. The molecular formula is C18H17ClNO5-. The normalized spacial score (nSPS) is 10.2. The van der Waals surface area contributed by atoms with E-state index in [1.165, 1.54) is 18.2 Å². The Morgan fingerprint density at radius 1 is 1.04 bits per heavy atom. The maximum Gasteiger partial charge on any atom is 0.257 e. The van der Waals surface area contributed by atoms with Crippen molar-refractivity contribution in [3.05, 3.63) is 52.5 Å². The zero-order chi connectivity index (χ0) is 18.4. The maximum atomic E-state index is 12.4. The average molecular weight is 363 g/mol. The van der Waals surface area contributed by atoms with Crippen molar-refractivity contribution in [2.75, 3.05) is 18.5 Å². The van der Waals surface area contributed by atoms with E-state index >= 15 is 0 Å². The molecule has 2 aromatic rings. The number of halogens is 1. The molecule has 0 unspecified atom stereocenters. The Morgan fingerprint density at radius 3 is 2.20 bits per heavy atom. The molecule has 0 bridgehead atoms. The summed E-state index contributed by atoms with van der Waals surface area (Å²) in [5, 5.41) is 14.2. The Kier molecular flexibility index (Phi) is 6.25.